The van der Waals surface area contributed by atoms with E-state index in [1.807, 2.05) is 0 Å². The number of aryl methyl sites for hydroxylation is 1. The van der Waals surface area contributed by atoms with Crippen molar-refractivity contribution in [1.29, 1.82) is 0 Å². The van der Waals surface area contributed by atoms with Gasteiger partial charge in [0.2, 0.25) is 5.91 Å². The SMILES string of the molecule is Cc1cc(-c2ccc(C(F)(F)F)cc2)nc([C@@H]2CC[C@@]3(CCN(C)C3=O)N2C(=O)O)n1. The molecule has 1 aromatic carbocycles. The second kappa shape index (κ2) is 7.21. The lowest BCUT2D eigenvalue weighted by Gasteiger charge is -2.34. The van der Waals surface area contributed by atoms with Gasteiger partial charge in [-0.2, -0.15) is 13.2 Å². The highest BCUT2D eigenvalue weighted by Gasteiger charge is 2.58. The van der Waals surface area contributed by atoms with Crippen LogP contribution in [0, 0.1) is 6.92 Å². The summed E-state index contributed by atoms with van der Waals surface area (Å²) < 4.78 is 38.6. The molecule has 10 heteroatoms. The highest BCUT2D eigenvalue weighted by atomic mass is 19.4. The van der Waals surface area contributed by atoms with Gasteiger partial charge < -0.3 is 10.0 Å². The average molecular weight is 434 g/mol. The third-order valence-electron chi connectivity index (χ3n) is 6.09. The number of hydrogen-bond acceptors (Lipinski definition) is 4. The second-order valence-electron chi connectivity index (χ2n) is 8.04. The Morgan fingerprint density at radius 3 is 2.42 bits per heavy atom. The maximum absolute atomic E-state index is 12.9. The molecule has 2 aliphatic heterocycles. The molecule has 2 aliphatic rings. The van der Waals surface area contributed by atoms with Crippen molar-refractivity contribution in [2.45, 2.75) is 43.9 Å². The van der Waals surface area contributed by atoms with Crippen LogP contribution in [0.15, 0.2) is 30.3 Å². The highest BCUT2D eigenvalue weighted by Crippen LogP contribution is 2.47. The molecule has 31 heavy (non-hydrogen) atoms. The van der Waals surface area contributed by atoms with Crippen molar-refractivity contribution >= 4 is 12.0 Å². The number of likely N-dealkylation sites (tertiary alicyclic amines) is 2. The number of hydrogen-bond donors (Lipinski definition) is 1. The Morgan fingerprint density at radius 1 is 1.19 bits per heavy atom. The zero-order chi connectivity index (χ0) is 22.6. The molecule has 2 saturated heterocycles. The minimum absolute atomic E-state index is 0.229. The van der Waals surface area contributed by atoms with Crippen LogP contribution < -0.4 is 0 Å². The van der Waals surface area contributed by atoms with E-state index in [0.29, 0.717) is 42.8 Å². The van der Waals surface area contributed by atoms with E-state index >= 15 is 0 Å². The van der Waals surface area contributed by atoms with E-state index in [9.17, 15) is 27.9 Å². The van der Waals surface area contributed by atoms with Gasteiger partial charge in [0.15, 0.2) is 5.82 Å². The second-order valence-corrected chi connectivity index (χ2v) is 8.04. The average Bonchev–Trinajstić information content (AvgIpc) is 3.23. The van der Waals surface area contributed by atoms with Crippen LogP contribution in [0.1, 0.15) is 42.4 Å². The number of carbonyl (C=O) groups excluding carboxylic acids is 1. The topological polar surface area (TPSA) is 86.6 Å². The maximum Gasteiger partial charge on any atom is 0.416 e. The lowest BCUT2D eigenvalue weighted by atomic mass is 9.94. The van der Waals surface area contributed by atoms with Gasteiger partial charge >= 0.3 is 12.3 Å². The summed E-state index contributed by atoms with van der Waals surface area (Å²) in [6, 6.07) is 5.54. The van der Waals surface area contributed by atoms with Crippen LogP contribution in [0.3, 0.4) is 0 Å². The number of likely N-dealkylation sites (N-methyl/N-ethyl adjacent to an activating group) is 1. The van der Waals surface area contributed by atoms with Crippen LogP contribution >= 0.6 is 0 Å². The first-order chi connectivity index (χ1) is 14.5. The third kappa shape index (κ3) is 3.49. The monoisotopic (exact) mass is 434 g/mol. The van der Waals surface area contributed by atoms with E-state index in [4.69, 9.17) is 0 Å². The van der Waals surface area contributed by atoms with Crippen molar-refractivity contribution < 1.29 is 27.9 Å². The van der Waals surface area contributed by atoms with Crippen molar-refractivity contribution in [3.63, 3.8) is 0 Å². The Labute approximate surface area is 176 Å². The van der Waals surface area contributed by atoms with Gasteiger partial charge in [-0.3, -0.25) is 9.69 Å². The van der Waals surface area contributed by atoms with Crippen LogP contribution in [-0.4, -0.2) is 56.0 Å². The Balaban J connectivity index is 1.72. The van der Waals surface area contributed by atoms with Crippen molar-refractivity contribution in [2.75, 3.05) is 13.6 Å². The van der Waals surface area contributed by atoms with Crippen LogP contribution in [0.25, 0.3) is 11.3 Å². The molecule has 2 aromatic rings. The minimum Gasteiger partial charge on any atom is -0.465 e. The third-order valence-corrected chi connectivity index (χ3v) is 6.09. The molecule has 1 spiro atoms. The largest absolute Gasteiger partial charge is 0.465 e. The predicted octanol–water partition coefficient (Wildman–Crippen LogP) is 3.89. The molecule has 164 valence electrons. The van der Waals surface area contributed by atoms with Gasteiger partial charge in [0.1, 0.15) is 5.54 Å². The van der Waals surface area contributed by atoms with Gasteiger partial charge in [-0.15, -0.1) is 0 Å². The van der Waals surface area contributed by atoms with E-state index in [2.05, 4.69) is 9.97 Å². The lowest BCUT2D eigenvalue weighted by molar-refractivity contribution is -0.137. The molecule has 1 aromatic heterocycles. The number of halogens is 3. The summed E-state index contributed by atoms with van der Waals surface area (Å²) in [7, 11) is 1.65. The van der Waals surface area contributed by atoms with Crippen LogP contribution in [0.2, 0.25) is 0 Å². The molecule has 0 bridgehead atoms. The fraction of sp³-hybridized carbons (Fsp3) is 0.429. The number of carbonyl (C=O) groups is 2. The molecule has 1 N–H and O–H groups in total. The maximum atomic E-state index is 12.9. The normalized spacial score (nSPS) is 23.8. The standard InChI is InChI=1S/C21H21F3N4O3/c1-12-11-15(13-3-5-14(6-4-13)21(22,23)24)26-17(25-12)16-7-8-20(28(16)19(30)31)9-10-27(2)18(20)29/h3-6,11,16H,7-10H2,1-2H3,(H,30,31)/t16-,20-/m0/s1. The smallest absolute Gasteiger partial charge is 0.416 e. The van der Waals surface area contributed by atoms with E-state index in [1.54, 1.807) is 20.0 Å². The first-order valence-corrected chi connectivity index (χ1v) is 9.84. The summed E-state index contributed by atoms with van der Waals surface area (Å²) in [6.07, 6.45) is -4.48. The van der Waals surface area contributed by atoms with Crippen LogP contribution in [0.4, 0.5) is 18.0 Å². The number of nitrogens with zero attached hydrogens (tertiary/aromatic N) is 4. The number of amides is 2. The number of aromatic nitrogens is 2. The van der Waals surface area contributed by atoms with Crippen LogP contribution in [-0.2, 0) is 11.0 Å². The molecule has 7 nitrogen and oxygen atoms in total. The van der Waals surface area contributed by atoms with Gasteiger partial charge in [0.25, 0.3) is 0 Å². The van der Waals surface area contributed by atoms with Gasteiger partial charge in [-0.1, -0.05) is 12.1 Å². The molecular weight excluding hydrogens is 413 g/mol. The summed E-state index contributed by atoms with van der Waals surface area (Å²) in [5.41, 5.74) is -0.460. The van der Waals surface area contributed by atoms with Crippen molar-refractivity contribution in [3.05, 3.63) is 47.4 Å². The quantitative estimate of drug-likeness (QED) is 0.775. The zero-order valence-electron chi connectivity index (χ0n) is 17.0. The molecule has 4 rings (SSSR count). The summed E-state index contributed by atoms with van der Waals surface area (Å²) in [5.74, 6) is 0.0181. The Hall–Kier alpha value is -3.17. The summed E-state index contributed by atoms with van der Waals surface area (Å²) in [4.78, 5) is 36.5. The molecule has 3 heterocycles. The number of alkyl halides is 3. The molecule has 2 amide bonds. The molecule has 0 unspecified atom stereocenters. The fourth-order valence-corrected chi connectivity index (χ4v) is 4.57. The Kier molecular flexibility index (Phi) is 4.90. The van der Waals surface area contributed by atoms with Crippen molar-refractivity contribution in [2.24, 2.45) is 0 Å². The van der Waals surface area contributed by atoms with Crippen LogP contribution in [0.5, 0.6) is 0 Å². The molecule has 2 fully saturated rings. The number of carboxylic acid groups (broad SMARTS) is 1. The molecule has 0 saturated carbocycles. The first-order valence-electron chi connectivity index (χ1n) is 9.84. The minimum atomic E-state index is -4.44. The molecule has 0 radical (unpaired) electrons. The van der Waals surface area contributed by atoms with Gasteiger partial charge in [0, 0.05) is 24.8 Å². The summed E-state index contributed by atoms with van der Waals surface area (Å²) in [6.45, 7) is 2.18. The van der Waals surface area contributed by atoms with E-state index < -0.39 is 29.4 Å². The number of rotatable bonds is 2. The Bertz CT molecular complexity index is 1040. The van der Waals surface area contributed by atoms with Crippen molar-refractivity contribution in [1.82, 2.24) is 19.8 Å². The highest BCUT2D eigenvalue weighted by molar-refractivity contribution is 5.92. The Morgan fingerprint density at radius 2 is 1.87 bits per heavy atom. The molecule has 2 atom stereocenters. The summed E-state index contributed by atoms with van der Waals surface area (Å²) in [5, 5.41) is 9.93. The predicted molar refractivity (Wildman–Crippen MR) is 104 cm³/mol. The van der Waals surface area contributed by atoms with Gasteiger partial charge in [-0.25, -0.2) is 14.8 Å². The molecular formula is C21H21F3N4O3. The zero-order valence-corrected chi connectivity index (χ0v) is 17.0. The lowest BCUT2D eigenvalue weighted by Crippen LogP contribution is -2.52. The summed E-state index contributed by atoms with van der Waals surface area (Å²) >= 11 is 0. The van der Waals surface area contributed by atoms with E-state index in [-0.39, 0.29) is 11.7 Å². The van der Waals surface area contributed by atoms with Crippen molar-refractivity contribution in [3.8, 4) is 11.3 Å². The first kappa shape index (κ1) is 21.1. The molecule has 0 aliphatic carbocycles. The van der Waals surface area contributed by atoms with Gasteiger partial charge in [0.05, 0.1) is 17.3 Å². The van der Waals surface area contributed by atoms with E-state index in [0.717, 1.165) is 12.1 Å². The van der Waals surface area contributed by atoms with E-state index in [1.165, 1.54) is 21.9 Å². The number of benzene rings is 1. The fourth-order valence-electron chi connectivity index (χ4n) is 4.57. The van der Waals surface area contributed by atoms with Gasteiger partial charge in [-0.05, 0) is 44.4 Å².